The van der Waals surface area contributed by atoms with Gasteiger partial charge in [-0.2, -0.15) is 0 Å². The number of amides is 9. The topological polar surface area (TPSA) is 244 Å². The number of carbonyl (C=O) groups is 8. The minimum absolute atomic E-state index is 0.0205. The number of aromatic amines is 1. The van der Waals surface area contributed by atoms with Gasteiger partial charge in [-0.3, -0.25) is 58.4 Å². The first-order valence-electron chi connectivity index (χ1n) is 26.7. The van der Waals surface area contributed by atoms with E-state index >= 15 is 0 Å². The zero-order valence-electron chi connectivity index (χ0n) is 46.0. The highest BCUT2D eigenvalue weighted by atomic mass is 16.7. The molecule has 21 heteroatoms. The van der Waals surface area contributed by atoms with Crippen LogP contribution in [0.4, 0.5) is 4.79 Å². The number of nitrogens with zero attached hydrogens (tertiary/aromatic N) is 5. The Bertz CT molecular complexity index is 2300. The number of carbonyl (C=O) groups excluding carboxylic acids is 8. The number of hydrogen-bond acceptors (Lipinski definition) is 13. The van der Waals surface area contributed by atoms with Crippen molar-refractivity contribution in [2.24, 2.45) is 23.7 Å². The van der Waals surface area contributed by atoms with Crippen molar-refractivity contribution in [1.82, 2.24) is 50.9 Å². The number of hydroxylamine groups is 2. The SMILES string of the molecule is CC[C@H](C)[C@@H]([C@@H](CC(=O)N1CCC[C@H]1[C@H](OC)[C@@H](C)C(=O)N[C@@H](Cc1c[nH]c2ccccc12)C(=O)N1CCCCO1)OC)N(C)[C@H](C(=O)NC(=O)[C@H](C(C)C)N(C)CCNC(=O)NCCN1C(=O)C=CC1=O)C(C)C. The third kappa shape index (κ3) is 15.5. The summed E-state index contributed by atoms with van der Waals surface area (Å²) in [4.78, 5) is 123. The van der Waals surface area contributed by atoms with Crippen molar-refractivity contribution < 1.29 is 52.7 Å². The molecule has 2 aromatic rings. The van der Waals surface area contributed by atoms with Crippen LogP contribution in [-0.4, -0.2) is 194 Å². The summed E-state index contributed by atoms with van der Waals surface area (Å²) < 4.78 is 12.3. The zero-order chi connectivity index (χ0) is 55.1. The van der Waals surface area contributed by atoms with Gasteiger partial charge in [0.1, 0.15) is 6.04 Å². The van der Waals surface area contributed by atoms with E-state index in [2.05, 4.69) is 33.2 Å². The van der Waals surface area contributed by atoms with Crippen LogP contribution >= 0.6 is 0 Å². The van der Waals surface area contributed by atoms with Crippen molar-refractivity contribution in [3.63, 3.8) is 0 Å². The molecule has 0 spiro atoms. The summed E-state index contributed by atoms with van der Waals surface area (Å²) in [6.07, 6.45) is 6.70. The number of likely N-dealkylation sites (N-methyl/N-ethyl adjacent to an activating group) is 2. The molecule has 0 radical (unpaired) electrons. The first-order valence-corrected chi connectivity index (χ1v) is 26.7. The van der Waals surface area contributed by atoms with E-state index in [4.69, 9.17) is 14.3 Å². The predicted octanol–water partition coefficient (Wildman–Crippen LogP) is 2.99. The lowest BCUT2D eigenvalue weighted by Crippen LogP contribution is -2.60. The minimum Gasteiger partial charge on any atom is -0.379 e. The first-order chi connectivity index (χ1) is 35.7. The second-order valence-corrected chi connectivity index (χ2v) is 21.0. The number of para-hydroxylation sites is 1. The van der Waals surface area contributed by atoms with E-state index in [-0.39, 0.29) is 74.5 Å². The molecule has 2 fully saturated rings. The van der Waals surface area contributed by atoms with Crippen LogP contribution in [-0.2, 0) is 54.3 Å². The Morgan fingerprint density at radius 3 is 2.13 bits per heavy atom. The van der Waals surface area contributed by atoms with Gasteiger partial charge in [0, 0.05) is 95.2 Å². The number of nitrogens with one attached hydrogen (secondary N) is 5. The summed E-state index contributed by atoms with van der Waals surface area (Å²) in [5.41, 5.74) is 1.80. The third-order valence-corrected chi connectivity index (χ3v) is 15.1. The fourth-order valence-electron chi connectivity index (χ4n) is 11.1. The molecule has 5 N–H and O–H groups in total. The van der Waals surface area contributed by atoms with Crippen LogP contribution < -0.4 is 21.3 Å². The van der Waals surface area contributed by atoms with E-state index in [9.17, 15) is 38.4 Å². The van der Waals surface area contributed by atoms with E-state index in [1.165, 1.54) is 24.3 Å². The summed E-state index contributed by atoms with van der Waals surface area (Å²) in [5, 5.41) is 13.4. The smallest absolute Gasteiger partial charge is 0.314 e. The highest BCUT2D eigenvalue weighted by molar-refractivity contribution is 6.12. The molecule has 3 aliphatic rings. The van der Waals surface area contributed by atoms with Crippen molar-refractivity contribution in [2.45, 2.75) is 136 Å². The maximum absolute atomic E-state index is 14.6. The Balaban J connectivity index is 1.23. The van der Waals surface area contributed by atoms with Crippen LogP contribution in [0.3, 0.4) is 0 Å². The molecular formula is C54H84N10O11. The Kier molecular flexibility index (Phi) is 22.8. The van der Waals surface area contributed by atoms with Gasteiger partial charge in [-0.25, -0.2) is 9.86 Å². The van der Waals surface area contributed by atoms with Gasteiger partial charge in [0.05, 0.1) is 49.3 Å². The number of hydrogen-bond donors (Lipinski definition) is 5. The van der Waals surface area contributed by atoms with Crippen molar-refractivity contribution in [2.75, 3.05) is 74.2 Å². The monoisotopic (exact) mass is 1050 g/mol. The first kappa shape index (κ1) is 60.1. The average Bonchev–Trinajstić information content (AvgIpc) is 4.12. The lowest BCUT2D eigenvalue weighted by Gasteiger charge is -2.43. The molecule has 3 aliphatic heterocycles. The standard InChI is InChI=1S/C54H84N10O11/c1-12-35(6)48(61(9)47(34(4)5)52(70)59-51(69)46(33(2)3)60(8)27-23-55-54(72)56-24-28-63-43(65)21-22-44(63)66)42(73-10)31-45(67)62-25-17-20-41(62)49(74-11)36(7)50(68)58-40(53(71)64-26-15-16-29-75-64)30-37-32-57-39-19-14-13-18-38(37)39/h13-14,18-19,21-22,32-36,40-42,46-49,57H,12,15-17,20,23-31H2,1-11H3,(H,58,68)(H2,55,56,72)(H,59,69,70)/t35-,36+,40-,41-,42+,46-,47-,48-,49+/m0/s1. The summed E-state index contributed by atoms with van der Waals surface area (Å²) in [7, 11) is 6.66. The quantitative estimate of drug-likeness (QED) is 0.0810. The van der Waals surface area contributed by atoms with Gasteiger partial charge >= 0.3 is 6.03 Å². The van der Waals surface area contributed by atoms with E-state index in [1.807, 2.05) is 77.0 Å². The van der Waals surface area contributed by atoms with Crippen molar-refractivity contribution >= 4 is 58.3 Å². The molecule has 21 nitrogen and oxygen atoms in total. The largest absolute Gasteiger partial charge is 0.379 e. The highest BCUT2D eigenvalue weighted by Crippen LogP contribution is 2.31. The molecule has 0 unspecified atom stereocenters. The molecule has 2 saturated heterocycles. The highest BCUT2D eigenvalue weighted by Gasteiger charge is 2.44. The van der Waals surface area contributed by atoms with Crippen LogP contribution in [0.1, 0.15) is 92.6 Å². The molecule has 9 atom stereocenters. The van der Waals surface area contributed by atoms with Gasteiger partial charge in [0.25, 0.3) is 17.7 Å². The van der Waals surface area contributed by atoms with Crippen LogP contribution in [0.2, 0.25) is 0 Å². The average molecular weight is 1050 g/mol. The molecule has 0 bridgehead atoms. The number of aromatic nitrogens is 1. The molecule has 1 aromatic heterocycles. The molecule has 0 aliphatic carbocycles. The lowest BCUT2D eigenvalue weighted by atomic mass is 9.87. The van der Waals surface area contributed by atoms with E-state index in [0.29, 0.717) is 39.0 Å². The number of likely N-dealkylation sites (tertiary alicyclic amines) is 1. The van der Waals surface area contributed by atoms with Gasteiger partial charge in [0.2, 0.25) is 23.6 Å². The zero-order valence-corrected chi connectivity index (χ0v) is 46.0. The fraction of sp³-hybridized carbons (Fsp3) is 0.667. The molecule has 1 aromatic carbocycles. The van der Waals surface area contributed by atoms with Crippen molar-refractivity contribution in [3.05, 3.63) is 48.2 Å². The number of methoxy groups -OCH3 is 2. The van der Waals surface area contributed by atoms with Gasteiger partial charge in [-0.15, -0.1) is 0 Å². The number of fused-ring (bicyclic) bond motifs is 1. The molecule has 75 heavy (non-hydrogen) atoms. The second kappa shape index (κ2) is 28.4. The Labute approximate surface area is 442 Å². The second-order valence-electron chi connectivity index (χ2n) is 21.0. The Hall–Kier alpha value is -5.74. The molecule has 416 valence electrons. The molecule has 9 amide bonds. The van der Waals surface area contributed by atoms with Crippen LogP contribution in [0.25, 0.3) is 10.9 Å². The van der Waals surface area contributed by atoms with Gasteiger partial charge < -0.3 is 35.3 Å². The van der Waals surface area contributed by atoms with E-state index < -0.39 is 78.0 Å². The Morgan fingerprint density at radius 2 is 1.51 bits per heavy atom. The summed E-state index contributed by atoms with van der Waals surface area (Å²) in [5.74, 6) is -4.03. The maximum atomic E-state index is 14.6. The fourth-order valence-corrected chi connectivity index (χ4v) is 11.1. The van der Waals surface area contributed by atoms with Crippen molar-refractivity contribution in [1.29, 1.82) is 0 Å². The minimum atomic E-state index is -0.920. The van der Waals surface area contributed by atoms with Crippen molar-refractivity contribution in [3.8, 4) is 0 Å². The van der Waals surface area contributed by atoms with Crippen LogP contribution in [0.15, 0.2) is 42.6 Å². The molecular weight excluding hydrogens is 965 g/mol. The van der Waals surface area contributed by atoms with Crippen LogP contribution in [0.5, 0.6) is 0 Å². The summed E-state index contributed by atoms with van der Waals surface area (Å²) in [6.45, 7) is 15.3. The summed E-state index contributed by atoms with van der Waals surface area (Å²) in [6, 6.07) is 3.97. The van der Waals surface area contributed by atoms with E-state index in [1.54, 1.807) is 30.9 Å². The van der Waals surface area contributed by atoms with E-state index in [0.717, 1.165) is 34.2 Å². The lowest BCUT2D eigenvalue weighted by molar-refractivity contribution is -0.199. The maximum Gasteiger partial charge on any atom is 0.314 e. The molecule has 5 rings (SSSR count). The number of benzene rings is 1. The number of H-pyrrole nitrogens is 1. The van der Waals surface area contributed by atoms with Crippen LogP contribution in [0, 0.1) is 23.7 Å². The number of ether oxygens (including phenoxy) is 2. The number of urea groups is 1. The third-order valence-electron chi connectivity index (χ3n) is 15.1. The number of rotatable bonds is 27. The summed E-state index contributed by atoms with van der Waals surface area (Å²) >= 11 is 0. The normalized spacial score (nSPS) is 19.3. The predicted molar refractivity (Wildman–Crippen MR) is 282 cm³/mol. The van der Waals surface area contributed by atoms with Gasteiger partial charge in [-0.1, -0.05) is 73.1 Å². The number of imide groups is 2. The molecule has 4 heterocycles. The Morgan fingerprint density at radius 1 is 0.840 bits per heavy atom. The van der Waals surface area contributed by atoms with Gasteiger partial charge in [0.15, 0.2) is 0 Å². The molecule has 0 saturated carbocycles. The van der Waals surface area contributed by atoms with Gasteiger partial charge in [-0.05, 0) is 69.2 Å².